The number of halogens is 3. The Hall–Kier alpha value is -2.30. The van der Waals surface area contributed by atoms with Crippen LogP contribution < -0.4 is 16.0 Å². The molecule has 0 saturated carbocycles. The standard InChI is InChI=1S/C18H20Cl3N5O4/c1-10-6-11(19)2-3-13(10)23-18(30)25-15-8-26(5-4-14(20)21)16(24-15)17(29)22-7-12(28)9-27/h2-4,6,8,12,27-28H,5,7,9H2,1H3,(H,22,29)(H2,23,25,30). The number of imidazole rings is 1. The minimum atomic E-state index is -1.11. The van der Waals surface area contributed by atoms with Crippen LogP contribution in [0.25, 0.3) is 0 Å². The molecule has 0 aliphatic heterocycles. The van der Waals surface area contributed by atoms with Crippen LogP contribution in [0.15, 0.2) is 35.0 Å². The summed E-state index contributed by atoms with van der Waals surface area (Å²) in [4.78, 5) is 28.8. The van der Waals surface area contributed by atoms with Gasteiger partial charge in [0.25, 0.3) is 5.91 Å². The number of nitrogens with one attached hydrogen (secondary N) is 3. The maximum atomic E-state index is 12.4. The molecule has 0 spiro atoms. The number of anilines is 2. The van der Waals surface area contributed by atoms with Gasteiger partial charge in [0.05, 0.1) is 12.7 Å². The smallest absolute Gasteiger partial charge is 0.324 e. The lowest BCUT2D eigenvalue weighted by atomic mass is 10.2. The summed E-state index contributed by atoms with van der Waals surface area (Å²) in [5.41, 5.74) is 1.33. The lowest BCUT2D eigenvalue weighted by molar-refractivity contribution is 0.0793. The minimum Gasteiger partial charge on any atom is -0.394 e. The second-order valence-electron chi connectivity index (χ2n) is 6.18. The van der Waals surface area contributed by atoms with Gasteiger partial charge in [0.15, 0.2) is 5.82 Å². The van der Waals surface area contributed by atoms with Crippen molar-refractivity contribution < 1.29 is 19.8 Å². The number of hydrogen-bond acceptors (Lipinski definition) is 5. The first kappa shape index (κ1) is 24.0. The van der Waals surface area contributed by atoms with Gasteiger partial charge in [-0.25, -0.2) is 9.78 Å². The maximum Gasteiger partial charge on any atom is 0.324 e. The molecule has 2 aromatic rings. The maximum absolute atomic E-state index is 12.4. The Kier molecular flexibility index (Phi) is 8.94. The van der Waals surface area contributed by atoms with Gasteiger partial charge < -0.3 is 25.4 Å². The third-order valence-corrected chi connectivity index (χ3v) is 4.35. The summed E-state index contributed by atoms with van der Waals surface area (Å²) in [6.07, 6.45) is 1.75. The Bertz CT molecular complexity index is 944. The largest absolute Gasteiger partial charge is 0.394 e. The molecule has 1 aromatic carbocycles. The highest BCUT2D eigenvalue weighted by atomic mass is 35.5. The highest BCUT2D eigenvalue weighted by molar-refractivity contribution is 6.55. The molecule has 1 unspecified atom stereocenters. The number of aliphatic hydroxyl groups is 2. The van der Waals surface area contributed by atoms with E-state index in [0.717, 1.165) is 5.56 Å². The Morgan fingerprint density at radius 1 is 1.30 bits per heavy atom. The topological polar surface area (TPSA) is 129 Å². The average molecular weight is 477 g/mol. The van der Waals surface area contributed by atoms with E-state index in [4.69, 9.17) is 39.9 Å². The summed E-state index contributed by atoms with van der Waals surface area (Å²) in [5, 5.41) is 26.4. The fourth-order valence-electron chi connectivity index (χ4n) is 2.36. The highest BCUT2D eigenvalue weighted by Crippen LogP contribution is 2.20. The van der Waals surface area contributed by atoms with Gasteiger partial charge in [0.1, 0.15) is 4.49 Å². The summed E-state index contributed by atoms with van der Waals surface area (Å²) in [6.45, 7) is 1.23. The number of nitrogens with zero attached hydrogens (tertiary/aromatic N) is 2. The van der Waals surface area contributed by atoms with Gasteiger partial charge in [-0.1, -0.05) is 34.8 Å². The summed E-state index contributed by atoms with van der Waals surface area (Å²) in [6, 6.07) is 4.44. The zero-order chi connectivity index (χ0) is 22.3. The van der Waals surface area contributed by atoms with Crippen LogP contribution >= 0.6 is 34.8 Å². The molecule has 2 rings (SSSR count). The van der Waals surface area contributed by atoms with E-state index in [1.807, 2.05) is 0 Å². The SMILES string of the molecule is Cc1cc(Cl)ccc1NC(=O)Nc1cn(CC=C(Cl)Cl)c(C(=O)NCC(O)CO)n1. The van der Waals surface area contributed by atoms with Gasteiger partial charge in [-0.05, 0) is 36.8 Å². The van der Waals surface area contributed by atoms with E-state index < -0.39 is 24.6 Å². The molecule has 162 valence electrons. The number of hydrogen-bond donors (Lipinski definition) is 5. The zero-order valence-corrected chi connectivity index (χ0v) is 18.1. The molecule has 5 N–H and O–H groups in total. The Balaban J connectivity index is 2.15. The van der Waals surface area contributed by atoms with Crippen LogP contribution in [0.4, 0.5) is 16.3 Å². The molecule has 0 aliphatic carbocycles. The number of aliphatic hydroxyl groups excluding tert-OH is 2. The summed E-state index contributed by atoms with van der Waals surface area (Å²) < 4.78 is 1.41. The summed E-state index contributed by atoms with van der Waals surface area (Å²) >= 11 is 17.2. The average Bonchev–Trinajstić information content (AvgIpc) is 3.08. The van der Waals surface area contributed by atoms with Crippen molar-refractivity contribution in [1.82, 2.24) is 14.9 Å². The van der Waals surface area contributed by atoms with Crippen LogP contribution in [-0.4, -0.2) is 51.0 Å². The van der Waals surface area contributed by atoms with E-state index in [-0.39, 0.29) is 29.2 Å². The second kappa shape index (κ2) is 11.2. The molecule has 1 atom stereocenters. The molecule has 9 nitrogen and oxygen atoms in total. The number of aryl methyl sites for hydroxylation is 1. The number of rotatable bonds is 8. The number of benzene rings is 1. The van der Waals surface area contributed by atoms with E-state index in [0.29, 0.717) is 10.7 Å². The first-order valence-electron chi connectivity index (χ1n) is 8.69. The quantitative estimate of drug-likeness (QED) is 0.400. The number of carbonyl (C=O) groups excluding carboxylic acids is 2. The molecule has 1 heterocycles. The van der Waals surface area contributed by atoms with Crippen molar-refractivity contribution in [2.45, 2.75) is 19.6 Å². The van der Waals surface area contributed by atoms with Crippen LogP contribution in [0, 0.1) is 6.92 Å². The van der Waals surface area contributed by atoms with E-state index >= 15 is 0 Å². The summed E-state index contributed by atoms with van der Waals surface area (Å²) in [5.74, 6) is -0.571. The molecule has 0 radical (unpaired) electrons. The monoisotopic (exact) mass is 475 g/mol. The number of urea groups is 1. The fraction of sp³-hybridized carbons (Fsp3) is 0.278. The zero-order valence-electron chi connectivity index (χ0n) is 15.8. The minimum absolute atomic E-state index is 0.00349. The van der Waals surface area contributed by atoms with Gasteiger partial charge in [0.2, 0.25) is 5.82 Å². The number of aromatic nitrogens is 2. The van der Waals surface area contributed by atoms with Gasteiger partial charge in [-0.2, -0.15) is 0 Å². The third-order valence-electron chi connectivity index (χ3n) is 3.81. The van der Waals surface area contributed by atoms with E-state index in [1.165, 1.54) is 16.8 Å². The lowest BCUT2D eigenvalue weighted by Gasteiger charge is -2.09. The second-order valence-corrected chi connectivity index (χ2v) is 7.62. The van der Waals surface area contributed by atoms with E-state index in [1.54, 1.807) is 25.1 Å². The lowest BCUT2D eigenvalue weighted by Crippen LogP contribution is -2.35. The Morgan fingerprint density at radius 3 is 2.67 bits per heavy atom. The molecule has 12 heteroatoms. The van der Waals surface area contributed by atoms with Crippen LogP contribution in [0.5, 0.6) is 0 Å². The van der Waals surface area contributed by atoms with Crippen molar-refractivity contribution in [1.29, 1.82) is 0 Å². The summed E-state index contributed by atoms with van der Waals surface area (Å²) in [7, 11) is 0. The number of amides is 3. The van der Waals surface area contributed by atoms with Crippen molar-refractivity contribution in [3.63, 3.8) is 0 Å². The van der Waals surface area contributed by atoms with Crippen LogP contribution in [0.3, 0.4) is 0 Å². The van der Waals surface area contributed by atoms with E-state index in [2.05, 4.69) is 20.9 Å². The molecule has 0 bridgehead atoms. The van der Waals surface area contributed by atoms with Crippen molar-refractivity contribution in [2.24, 2.45) is 0 Å². The number of allylic oxidation sites excluding steroid dienone is 1. The van der Waals surface area contributed by atoms with Crippen molar-refractivity contribution in [3.05, 3.63) is 51.4 Å². The number of carbonyl (C=O) groups is 2. The van der Waals surface area contributed by atoms with Crippen LogP contribution in [0.1, 0.15) is 16.2 Å². The fourth-order valence-corrected chi connectivity index (χ4v) is 2.72. The molecule has 0 saturated heterocycles. The molecule has 30 heavy (non-hydrogen) atoms. The normalized spacial score (nSPS) is 11.5. The van der Waals surface area contributed by atoms with Crippen molar-refractivity contribution in [2.75, 3.05) is 23.8 Å². The molecule has 3 amide bonds. The molecule has 0 aliphatic rings. The van der Waals surface area contributed by atoms with Gasteiger partial charge in [0, 0.05) is 30.0 Å². The molecule has 1 aromatic heterocycles. The molecular formula is C18H20Cl3N5O4. The Labute approximate surface area is 187 Å². The van der Waals surface area contributed by atoms with Gasteiger partial charge in [-0.3, -0.25) is 10.1 Å². The molecular weight excluding hydrogens is 457 g/mol. The van der Waals surface area contributed by atoms with Crippen molar-refractivity contribution in [3.8, 4) is 0 Å². The van der Waals surface area contributed by atoms with Crippen LogP contribution in [0.2, 0.25) is 5.02 Å². The van der Waals surface area contributed by atoms with Crippen LogP contribution in [-0.2, 0) is 6.54 Å². The Morgan fingerprint density at radius 2 is 2.03 bits per heavy atom. The van der Waals surface area contributed by atoms with Crippen molar-refractivity contribution >= 4 is 58.2 Å². The molecule has 0 fully saturated rings. The highest BCUT2D eigenvalue weighted by Gasteiger charge is 2.18. The first-order valence-corrected chi connectivity index (χ1v) is 9.82. The van der Waals surface area contributed by atoms with Gasteiger partial charge in [-0.15, -0.1) is 0 Å². The third kappa shape index (κ3) is 7.19. The first-order chi connectivity index (χ1) is 14.2. The predicted molar refractivity (Wildman–Crippen MR) is 116 cm³/mol. The predicted octanol–water partition coefficient (Wildman–Crippen LogP) is 2.89. The van der Waals surface area contributed by atoms with Gasteiger partial charge >= 0.3 is 6.03 Å². The van der Waals surface area contributed by atoms with E-state index in [9.17, 15) is 14.7 Å².